The first-order valence-electron chi connectivity index (χ1n) is 9.12. The summed E-state index contributed by atoms with van der Waals surface area (Å²) in [4.78, 5) is 9.58. The molecule has 2 aromatic heterocycles. The second kappa shape index (κ2) is 7.67. The third kappa shape index (κ3) is 3.38. The van der Waals surface area contributed by atoms with Gasteiger partial charge in [-0.25, -0.2) is 9.97 Å². The van der Waals surface area contributed by atoms with Crippen molar-refractivity contribution in [2.24, 2.45) is 0 Å². The lowest BCUT2D eigenvalue weighted by Crippen LogP contribution is -2.00. The predicted molar refractivity (Wildman–Crippen MR) is 112 cm³/mol. The fourth-order valence-corrected chi connectivity index (χ4v) is 3.93. The summed E-state index contributed by atoms with van der Waals surface area (Å²) in [7, 11) is 3.25. The third-order valence-electron chi connectivity index (χ3n) is 4.60. The monoisotopic (exact) mass is 394 g/mol. The molecule has 2 heterocycles. The first kappa shape index (κ1) is 18.6. The fraction of sp³-hybridized carbons (Fsp3) is 0.286. The standard InChI is InChI=1S/C21H22N4O2S/c1-5-19-23-20-15-10-17(26-3)18(27-4)11-16(15)22-21(25(20)24-19)28-12-14-8-6-13(2)7-9-14/h6-11H,5,12H2,1-4H3. The number of hydrogen-bond donors (Lipinski definition) is 0. The Morgan fingerprint density at radius 2 is 1.71 bits per heavy atom. The van der Waals surface area contributed by atoms with E-state index in [9.17, 15) is 0 Å². The number of thioether (sulfide) groups is 1. The molecule has 4 rings (SSSR count). The van der Waals surface area contributed by atoms with Crippen LogP contribution in [-0.2, 0) is 12.2 Å². The molecule has 2 aromatic carbocycles. The number of methoxy groups -OCH3 is 2. The molecule has 28 heavy (non-hydrogen) atoms. The zero-order chi connectivity index (χ0) is 19.7. The summed E-state index contributed by atoms with van der Waals surface area (Å²) in [6.45, 7) is 4.14. The van der Waals surface area contributed by atoms with Crippen LogP contribution in [0.2, 0.25) is 0 Å². The first-order valence-corrected chi connectivity index (χ1v) is 10.1. The topological polar surface area (TPSA) is 61.5 Å². The van der Waals surface area contributed by atoms with Gasteiger partial charge in [0.2, 0.25) is 0 Å². The number of aryl methyl sites for hydroxylation is 2. The van der Waals surface area contributed by atoms with E-state index in [2.05, 4.69) is 36.3 Å². The van der Waals surface area contributed by atoms with Crippen molar-refractivity contribution in [3.8, 4) is 11.5 Å². The molecular formula is C21H22N4O2S. The molecule has 0 unspecified atom stereocenters. The maximum atomic E-state index is 5.46. The Morgan fingerprint density at radius 1 is 1.00 bits per heavy atom. The lowest BCUT2D eigenvalue weighted by molar-refractivity contribution is 0.355. The maximum Gasteiger partial charge on any atom is 0.191 e. The van der Waals surface area contributed by atoms with Crippen LogP contribution >= 0.6 is 11.8 Å². The summed E-state index contributed by atoms with van der Waals surface area (Å²) in [6.07, 6.45) is 0.762. The minimum absolute atomic E-state index is 0.650. The minimum atomic E-state index is 0.650. The van der Waals surface area contributed by atoms with Gasteiger partial charge in [0.15, 0.2) is 28.1 Å². The molecule has 0 atom stereocenters. The number of rotatable bonds is 6. The SMILES string of the molecule is CCc1nc2c3cc(OC)c(OC)cc3nc(SCc3ccc(C)cc3)n2n1. The second-order valence-electron chi connectivity index (χ2n) is 6.51. The Morgan fingerprint density at radius 3 is 2.39 bits per heavy atom. The van der Waals surface area contributed by atoms with E-state index in [1.807, 2.05) is 23.6 Å². The number of benzene rings is 2. The Labute approximate surface area is 167 Å². The van der Waals surface area contributed by atoms with Gasteiger partial charge in [-0.1, -0.05) is 48.5 Å². The molecule has 0 radical (unpaired) electrons. The van der Waals surface area contributed by atoms with Gasteiger partial charge in [0, 0.05) is 23.6 Å². The molecular weight excluding hydrogens is 372 g/mol. The molecule has 0 aliphatic rings. The van der Waals surface area contributed by atoms with Gasteiger partial charge in [-0.2, -0.15) is 4.52 Å². The number of hydrogen-bond acceptors (Lipinski definition) is 6. The second-order valence-corrected chi connectivity index (χ2v) is 7.45. The van der Waals surface area contributed by atoms with Gasteiger partial charge in [-0.3, -0.25) is 0 Å². The molecule has 0 bridgehead atoms. The summed E-state index contributed by atoms with van der Waals surface area (Å²) in [5.41, 5.74) is 4.10. The van der Waals surface area contributed by atoms with Crippen molar-refractivity contribution < 1.29 is 9.47 Å². The quantitative estimate of drug-likeness (QED) is 0.355. The van der Waals surface area contributed by atoms with Gasteiger partial charge < -0.3 is 9.47 Å². The van der Waals surface area contributed by atoms with Gasteiger partial charge in [0.1, 0.15) is 0 Å². The number of fused-ring (bicyclic) bond motifs is 3. The van der Waals surface area contributed by atoms with E-state index < -0.39 is 0 Å². The number of ether oxygens (including phenoxy) is 2. The van der Waals surface area contributed by atoms with E-state index >= 15 is 0 Å². The van der Waals surface area contributed by atoms with Crippen LogP contribution in [0.4, 0.5) is 0 Å². The molecule has 6 nitrogen and oxygen atoms in total. The van der Waals surface area contributed by atoms with Crippen LogP contribution in [0.15, 0.2) is 41.6 Å². The smallest absolute Gasteiger partial charge is 0.191 e. The molecule has 0 spiro atoms. The molecule has 0 aliphatic carbocycles. The molecule has 0 aliphatic heterocycles. The van der Waals surface area contributed by atoms with Crippen LogP contribution in [0.1, 0.15) is 23.9 Å². The zero-order valence-electron chi connectivity index (χ0n) is 16.4. The minimum Gasteiger partial charge on any atom is -0.493 e. The van der Waals surface area contributed by atoms with Crippen molar-refractivity contribution in [3.63, 3.8) is 0 Å². The van der Waals surface area contributed by atoms with Gasteiger partial charge in [-0.15, -0.1) is 5.10 Å². The summed E-state index contributed by atoms with van der Waals surface area (Å²) in [6, 6.07) is 12.4. The largest absolute Gasteiger partial charge is 0.493 e. The van der Waals surface area contributed by atoms with Crippen molar-refractivity contribution in [2.45, 2.75) is 31.2 Å². The van der Waals surface area contributed by atoms with E-state index in [0.29, 0.717) is 11.5 Å². The van der Waals surface area contributed by atoms with Gasteiger partial charge >= 0.3 is 0 Å². The lowest BCUT2D eigenvalue weighted by atomic mass is 10.2. The molecule has 0 fully saturated rings. The van der Waals surface area contributed by atoms with E-state index in [1.165, 1.54) is 11.1 Å². The van der Waals surface area contributed by atoms with Gasteiger partial charge in [-0.05, 0) is 18.6 Å². The van der Waals surface area contributed by atoms with E-state index in [4.69, 9.17) is 19.4 Å². The predicted octanol–water partition coefficient (Wildman–Crippen LogP) is 4.46. The molecule has 7 heteroatoms. The number of nitrogens with zero attached hydrogens (tertiary/aromatic N) is 4. The van der Waals surface area contributed by atoms with Crippen LogP contribution in [0, 0.1) is 6.92 Å². The molecule has 0 saturated carbocycles. The zero-order valence-corrected chi connectivity index (χ0v) is 17.2. The van der Waals surface area contributed by atoms with Gasteiger partial charge in [0.25, 0.3) is 0 Å². The Balaban J connectivity index is 1.83. The Kier molecular flexibility index (Phi) is 5.09. The van der Waals surface area contributed by atoms with Crippen LogP contribution in [0.5, 0.6) is 11.5 Å². The molecule has 0 amide bonds. The first-order chi connectivity index (χ1) is 13.6. The highest BCUT2D eigenvalue weighted by atomic mass is 32.2. The highest BCUT2D eigenvalue weighted by Crippen LogP contribution is 2.34. The Bertz CT molecular complexity index is 1140. The van der Waals surface area contributed by atoms with Crippen molar-refractivity contribution in [2.75, 3.05) is 14.2 Å². The highest BCUT2D eigenvalue weighted by molar-refractivity contribution is 7.98. The van der Waals surface area contributed by atoms with Crippen LogP contribution in [0.3, 0.4) is 0 Å². The van der Waals surface area contributed by atoms with E-state index in [-0.39, 0.29) is 0 Å². The van der Waals surface area contributed by atoms with Crippen molar-refractivity contribution in [3.05, 3.63) is 53.3 Å². The average Bonchev–Trinajstić information content (AvgIpc) is 3.17. The average molecular weight is 395 g/mol. The Hall–Kier alpha value is -2.80. The molecule has 4 aromatic rings. The molecule has 0 N–H and O–H groups in total. The summed E-state index contributed by atoms with van der Waals surface area (Å²) in [5, 5.41) is 6.36. The fourth-order valence-electron chi connectivity index (χ4n) is 3.03. The van der Waals surface area contributed by atoms with Crippen LogP contribution < -0.4 is 9.47 Å². The lowest BCUT2D eigenvalue weighted by Gasteiger charge is -2.11. The summed E-state index contributed by atoms with van der Waals surface area (Å²) >= 11 is 1.65. The summed E-state index contributed by atoms with van der Waals surface area (Å²) in [5.74, 6) is 2.90. The van der Waals surface area contributed by atoms with Crippen molar-refractivity contribution in [1.82, 2.24) is 19.6 Å². The normalized spacial score (nSPS) is 11.3. The van der Waals surface area contributed by atoms with E-state index in [1.54, 1.807) is 26.0 Å². The van der Waals surface area contributed by atoms with Crippen LogP contribution in [-0.4, -0.2) is 33.8 Å². The van der Waals surface area contributed by atoms with Gasteiger partial charge in [0.05, 0.1) is 19.7 Å². The van der Waals surface area contributed by atoms with Crippen LogP contribution in [0.25, 0.3) is 16.6 Å². The van der Waals surface area contributed by atoms with Crippen molar-refractivity contribution >= 4 is 28.3 Å². The van der Waals surface area contributed by atoms with Crippen molar-refractivity contribution in [1.29, 1.82) is 0 Å². The molecule has 144 valence electrons. The summed E-state index contributed by atoms with van der Waals surface area (Å²) < 4.78 is 12.7. The molecule has 0 saturated heterocycles. The highest BCUT2D eigenvalue weighted by Gasteiger charge is 2.16. The maximum absolute atomic E-state index is 5.46. The van der Waals surface area contributed by atoms with E-state index in [0.717, 1.165) is 39.7 Å². The number of aromatic nitrogens is 4. The third-order valence-corrected chi connectivity index (χ3v) is 5.60.